The molecule has 0 bridgehead atoms. The molecule has 116 valence electrons. The van der Waals surface area contributed by atoms with E-state index in [0.29, 0.717) is 5.54 Å². The molecule has 0 aromatic rings. The molecular weight excluding hydrogens is 244 g/mol. The Morgan fingerprint density at radius 3 is 2.65 bits per heavy atom. The van der Waals surface area contributed by atoms with Crippen molar-refractivity contribution in [3.8, 4) is 0 Å². The van der Waals surface area contributed by atoms with Crippen molar-refractivity contribution in [3.63, 3.8) is 0 Å². The van der Waals surface area contributed by atoms with Crippen molar-refractivity contribution < 1.29 is 0 Å². The van der Waals surface area contributed by atoms with Crippen LogP contribution in [0.5, 0.6) is 0 Å². The van der Waals surface area contributed by atoms with E-state index in [9.17, 15) is 0 Å². The number of piperazine rings is 1. The van der Waals surface area contributed by atoms with E-state index < -0.39 is 0 Å². The van der Waals surface area contributed by atoms with Crippen molar-refractivity contribution in [2.45, 2.75) is 77.3 Å². The maximum absolute atomic E-state index is 3.84. The highest BCUT2D eigenvalue weighted by atomic mass is 15.3. The predicted octanol–water partition coefficient (Wildman–Crippen LogP) is 3.67. The molecule has 1 aliphatic heterocycles. The van der Waals surface area contributed by atoms with Gasteiger partial charge in [0.1, 0.15) is 0 Å². The Labute approximate surface area is 125 Å². The first-order valence-electron chi connectivity index (χ1n) is 9.06. The van der Waals surface area contributed by atoms with Gasteiger partial charge in [0.05, 0.1) is 0 Å². The molecule has 20 heavy (non-hydrogen) atoms. The van der Waals surface area contributed by atoms with Gasteiger partial charge in [-0.25, -0.2) is 0 Å². The summed E-state index contributed by atoms with van der Waals surface area (Å²) in [5.74, 6) is 2.94. The monoisotopic (exact) mass is 278 g/mol. The topological polar surface area (TPSA) is 15.3 Å². The molecule has 2 aliphatic carbocycles. The molecule has 0 aromatic carbocycles. The largest absolute Gasteiger partial charge is 0.308 e. The van der Waals surface area contributed by atoms with E-state index >= 15 is 0 Å². The fourth-order valence-corrected chi connectivity index (χ4v) is 4.61. The first-order chi connectivity index (χ1) is 9.57. The summed E-state index contributed by atoms with van der Waals surface area (Å²) >= 11 is 0. The van der Waals surface area contributed by atoms with Gasteiger partial charge in [-0.05, 0) is 63.8 Å². The summed E-state index contributed by atoms with van der Waals surface area (Å²) < 4.78 is 0. The zero-order valence-corrected chi connectivity index (χ0v) is 13.8. The minimum Gasteiger partial charge on any atom is -0.308 e. The lowest BCUT2D eigenvalue weighted by Crippen LogP contribution is -2.63. The normalized spacial score (nSPS) is 43.6. The van der Waals surface area contributed by atoms with E-state index in [1.165, 1.54) is 64.6 Å². The van der Waals surface area contributed by atoms with Crippen LogP contribution in [0.3, 0.4) is 0 Å². The number of hydrogen-bond donors (Lipinski definition) is 1. The minimum absolute atomic E-state index is 0.409. The van der Waals surface area contributed by atoms with Crippen LogP contribution in [-0.2, 0) is 0 Å². The van der Waals surface area contributed by atoms with Crippen molar-refractivity contribution in [2.75, 3.05) is 19.6 Å². The van der Waals surface area contributed by atoms with Gasteiger partial charge in [0.25, 0.3) is 0 Å². The molecule has 0 radical (unpaired) electrons. The van der Waals surface area contributed by atoms with Crippen LogP contribution in [0.1, 0.15) is 65.7 Å². The molecule has 0 spiro atoms. The van der Waals surface area contributed by atoms with Crippen LogP contribution < -0.4 is 5.32 Å². The predicted molar refractivity (Wildman–Crippen MR) is 85.9 cm³/mol. The van der Waals surface area contributed by atoms with Gasteiger partial charge >= 0.3 is 0 Å². The average molecular weight is 278 g/mol. The summed E-state index contributed by atoms with van der Waals surface area (Å²) in [6.07, 6.45) is 10.3. The second-order valence-electron chi connectivity index (χ2n) is 8.32. The Bertz CT molecular complexity index is 325. The van der Waals surface area contributed by atoms with Gasteiger partial charge in [0, 0.05) is 24.7 Å². The molecule has 3 fully saturated rings. The number of nitrogens with one attached hydrogen (secondary N) is 1. The van der Waals surface area contributed by atoms with Crippen LogP contribution in [0, 0.1) is 17.8 Å². The SMILES string of the molecule is CC1CCCC(CCN2CC(C)(C3CC3)NCC2C)C1. The molecule has 4 unspecified atom stereocenters. The van der Waals surface area contributed by atoms with Crippen molar-refractivity contribution in [2.24, 2.45) is 17.8 Å². The van der Waals surface area contributed by atoms with E-state index in [0.717, 1.165) is 23.8 Å². The maximum Gasteiger partial charge on any atom is 0.0309 e. The molecular formula is C18H34N2. The van der Waals surface area contributed by atoms with Crippen LogP contribution in [0.4, 0.5) is 0 Å². The van der Waals surface area contributed by atoms with Gasteiger partial charge in [0.15, 0.2) is 0 Å². The van der Waals surface area contributed by atoms with Gasteiger partial charge < -0.3 is 5.32 Å². The van der Waals surface area contributed by atoms with Gasteiger partial charge in [-0.1, -0.05) is 26.2 Å². The Hall–Kier alpha value is -0.0800. The summed E-state index contributed by atoms with van der Waals surface area (Å²) in [5, 5.41) is 3.84. The lowest BCUT2D eigenvalue weighted by atomic mass is 9.80. The summed E-state index contributed by atoms with van der Waals surface area (Å²) in [5.41, 5.74) is 0.409. The van der Waals surface area contributed by atoms with Gasteiger partial charge in [-0.3, -0.25) is 4.90 Å². The third-order valence-electron chi connectivity index (χ3n) is 6.30. The molecule has 1 saturated heterocycles. The highest BCUT2D eigenvalue weighted by Crippen LogP contribution is 2.41. The van der Waals surface area contributed by atoms with E-state index in [4.69, 9.17) is 0 Å². The van der Waals surface area contributed by atoms with Crippen LogP contribution in [0.15, 0.2) is 0 Å². The van der Waals surface area contributed by atoms with E-state index in [1.54, 1.807) is 0 Å². The maximum atomic E-state index is 3.84. The molecule has 2 saturated carbocycles. The fourth-order valence-electron chi connectivity index (χ4n) is 4.61. The van der Waals surface area contributed by atoms with Gasteiger partial charge in [0.2, 0.25) is 0 Å². The second-order valence-corrected chi connectivity index (χ2v) is 8.32. The van der Waals surface area contributed by atoms with Gasteiger partial charge in [-0.15, -0.1) is 0 Å². The standard InChI is InChI=1S/C18H34N2/c1-14-5-4-6-16(11-14)9-10-20-13-18(3,17-7-8-17)19-12-15(20)2/h14-17,19H,4-13H2,1-3H3. The van der Waals surface area contributed by atoms with Gasteiger partial charge in [-0.2, -0.15) is 0 Å². The van der Waals surface area contributed by atoms with Crippen LogP contribution in [0.25, 0.3) is 0 Å². The van der Waals surface area contributed by atoms with Crippen LogP contribution >= 0.6 is 0 Å². The van der Waals surface area contributed by atoms with E-state index in [-0.39, 0.29) is 0 Å². The van der Waals surface area contributed by atoms with Crippen LogP contribution in [0.2, 0.25) is 0 Å². The van der Waals surface area contributed by atoms with E-state index in [2.05, 4.69) is 31.0 Å². The first kappa shape index (κ1) is 14.8. The van der Waals surface area contributed by atoms with Crippen molar-refractivity contribution in [1.29, 1.82) is 0 Å². The third-order valence-corrected chi connectivity index (χ3v) is 6.30. The minimum atomic E-state index is 0.409. The molecule has 4 atom stereocenters. The number of rotatable bonds is 4. The van der Waals surface area contributed by atoms with Crippen molar-refractivity contribution in [3.05, 3.63) is 0 Å². The fraction of sp³-hybridized carbons (Fsp3) is 1.00. The second kappa shape index (κ2) is 5.96. The molecule has 2 heteroatoms. The summed E-state index contributed by atoms with van der Waals surface area (Å²) in [4.78, 5) is 2.79. The molecule has 1 N–H and O–H groups in total. The Balaban J connectivity index is 1.50. The van der Waals surface area contributed by atoms with Crippen molar-refractivity contribution >= 4 is 0 Å². The van der Waals surface area contributed by atoms with Crippen molar-refractivity contribution in [1.82, 2.24) is 10.2 Å². The van der Waals surface area contributed by atoms with Crippen LogP contribution in [-0.4, -0.2) is 36.1 Å². The Morgan fingerprint density at radius 1 is 1.15 bits per heavy atom. The summed E-state index contributed by atoms with van der Waals surface area (Å²) in [6, 6.07) is 0.725. The molecule has 3 aliphatic rings. The first-order valence-corrected chi connectivity index (χ1v) is 9.06. The van der Waals surface area contributed by atoms with E-state index in [1.807, 2.05) is 0 Å². The zero-order valence-electron chi connectivity index (χ0n) is 13.8. The quantitative estimate of drug-likeness (QED) is 0.844. The molecule has 3 rings (SSSR count). The summed E-state index contributed by atoms with van der Waals surface area (Å²) in [7, 11) is 0. The highest BCUT2D eigenvalue weighted by Gasteiger charge is 2.45. The lowest BCUT2D eigenvalue weighted by molar-refractivity contribution is 0.0745. The molecule has 1 heterocycles. The number of nitrogens with zero attached hydrogens (tertiary/aromatic N) is 1. The summed E-state index contributed by atoms with van der Waals surface area (Å²) in [6.45, 7) is 11.1. The third kappa shape index (κ3) is 3.39. The molecule has 0 amide bonds. The number of hydrogen-bond acceptors (Lipinski definition) is 2. The molecule has 2 nitrogen and oxygen atoms in total. The zero-order chi connectivity index (χ0) is 14.2. The highest BCUT2D eigenvalue weighted by molar-refractivity contribution is 5.03. The Morgan fingerprint density at radius 2 is 1.95 bits per heavy atom. The average Bonchev–Trinajstić information content (AvgIpc) is 3.25. The Kier molecular flexibility index (Phi) is 4.42. The smallest absolute Gasteiger partial charge is 0.0309 e. The lowest BCUT2D eigenvalue weighted by Gasteiger charge is -2.46. The molecule has 0 aromatic heterocycles.